The van der Waals surface area contributed by atoms with Gasteiger partial charge in [0, 0.05) is 23.6 Å². The van der Waals surface area contributed by atoms with E-state index in [4.69, 9.17) is 18.9 Å². The van der Waals surface area contributed by atoms with E-state index in [1.807, 2.05) is 31.3 Å². The molecule has 0 saturated carbocycles. The van der Waals surface area contributed by atoms with E-state index in [0.717, 1.165) is 44.6 Å². The maximum Gasteiger partial charge on any atom is 0.231 e. The van der Waals surface area contributed by atoms with Crippen molar-refractivity contribution in [2.45, 2.75) is 19.1 Å². The monoisotopic (exact) mass is 393 g/mol. The highest BCUT2D eigenvalue weighted by Gasteiger charge is 2.37. The molecule has 6 nitrogen and oxygen atoms in total. The van der Waals surface area contributed by atoms with Crippen molar-refractivity contribution in [3.63, 3.8) is 0 Å². The van der Waals surface area contributed by atoms with Crippen molar-refractivity contribution in [3.05, 3.63) is 42.0 Å². The Morgan fingerprint density at radius 3 is 2.45 bits per heavy atom. The van der Waals surface area contributed by atoms with E-state index in [0.29, 0.717) is 11.5 Å². The van der Waals surface area contributed by atoms with Gasteiger partial charge < -0.3 is 29.0 Å². The molecule has 2 aliphatic rings. The third-order valence-electron chi connectivity index (χ3n) is 5.88. The minimum absolute atomic E-state index is 0.236. The lowest BCUT2D eigenvalue weighted by Crippen LogP contribution is -2.36. The van der Waals surface area contributed by atoms with E-state index in [1.54, 1.807) is 21.1 Å². The lowest BCUT2D eigenvalue weighted by atomic mass is 9.84. The molecule has 150 valence electrons. The van der Waals surface area contributed by atoms with E-state index in [1.165, 1.54) is 0 Å². The van der Waals surface area contributed by atoms with Crippen molar-refractivity contribution in [1.29, 1.82) is 0 Å². The quantitative estimate of drug-likeness (QED) is 0.722. The fourth-order valence-corrected chi connectivity index (χ4v) is 4.67. The normalized spacial score (nSPS) is 17.7. The zero-order valence-electron chi connectivity index (χ0n) is 16.9. The topological polar surface area (TPSA) is 60.4 Å². The summed E-state index contributed by atoms with van der Waals surface area (Å²) in [5.74, 6) is 2.80. The van der Waals surface area contributed by atoms with Gasteiger partial charge in [0.25, 0.3) is 0 Å². The summed E-state index contributed by atoms with van der Waals surface area (Å²) in [4.78, 5) is 2.12. The van der Waals surface area contributed by atoms with Crippen LogP contribution in [-0.4, -0.2) is 39.3 Å². The van der Waals surface area contributed by atoms with Gasteiger partial charge in [0.1, 0.15) is 0 Å². The van der Waals surface area contributed by atoms with Crippen LogP contribution in [0.1, 0.15) is 18.5 Å². The highest BCUT2D eigenvalue weighted by Crippen LogP contribution is 2.54. The minimum Gasteiger partial charge on any atom is -0.493 e. The van der Waals surface area contributed by atoms with E-state index >= 15 is 0 Å². The predicted molar refractivity (Wildman–Crippen MR) is 111 cm³/mol. The van der Waals surface area contributed by atoms with E-state index < -0.39 is 6.10 Å². The number of hydrogen-bond acceptors (Lipinski definition) is 6. The van der Waals surface area contributed by atoms with Crippen LogP contribution in [-0.2, 0) is 0 Å². The van der Waals surface area contributed by atoms with Gasteiger partial charge in [-0.3, -0.25) is 0 Å². The number of hydrogen-bond donors (Lipinski definition) is 1. The summed E-state index contributed by atoms with van der Waals surface area (Å²) in [6.07, 6.45) is -0.628. The molecule has 0 saturated heterocycles. The number of anilines is 1. The fraction of sp³-hybridized carbons (Fsp3) is 0.304. The van der Waals surface area contributed by atoms with Crippen molar-refractivity contribution in [1.82, 2.24) is 0 Å². The number of methoxy groups -OCH3 is 2. The Morgan fingerprint density at radius 1 is 1.03 bits per heavy atom. The van der Waals surface area contributed by atoms with Crippen LogP contribution in [0.15, 0.2) is 36.4 Å². The Kier molecular flexibility index (Phi) is 3.99. The lowest BCUT2D eigenvalue weighted by molar-refractivity contribution is 0.159. The van der Waals surface area contributed by atoms with Gasteiger partial charge in [0.05, 0.1) is 32.1 Å². The molecule has 3 aromatic carbocycles. The first kappa shape index (κ1) is 17.9. The number of aliphatic hydroxyl groups is 1. The molecule has 6 heteroatoms. The zero-order chi connectivity index (χ0) is 20.3. The number of likely N-dealkylation sites (N-methyl/N-ethyl adjacent to an activating group) is 1. The van der Waals surface area contributed by atoms with Gasteiger partial charge >= 0.3 is 0 Å². The first-order valence-electron chi connectivity index (χ1n) is 9.57. The zero-order valence-corrected chi connectivity index (χ0v) is 16.9. The molecular weight excluding hydrogens is 370 g/mol. The van der Waals surface area contributed by atoms with Gasteiger partial charge in [0.2, 0.25) is 6.79 Å². The Bertz CT molecular complexity index is 1120. The second-order valence-corrected chi connectivity index (χ2v) is 7.45. The Labute approximate surface area is 169 Å². The van der Waals surface area contributed by atoms with Crippen LogP contribution in [0.4, 0.5) is 5.69 Å². The standard InChI is InChI=1S/C23H23NO5/c1-12(25)21-20-14(7-8-17(26-3)23(20)27-4)15-6-5-13-9-18-19(29-11-28-18)10-16(13)22(15)24(21)2/h5-10,12,21,25H,11H2,1-4H3/t12-,21-/m0/s1. The van der Waals surface area contributed by atoms with Gasteiger partial charge in [-0.2, -0.15) is 0 Å². The van der Waals surface area contributed by atoms with E-state index in [-0.39, 0.29) is 12.8 Å². The average Bonchev–Trinajstić information content (AvgIpc) is 3.17. The molecule has 3 aromatic rings. The molecule has 0 aromatic heterocycles. The molecule has 2 heterocycles. The van der Waals surface area contributed by atoms with Crippen LogP contribution >= 0.6 is 0 Å². The third-order valence-corrected chi connectivity index (χ3v) is 5.88. The number of aliphatic hydroxyl groups excluding tert-OH is 1. The number of ether oxygens (including phenoxy) is 4. The SMILES string of the molecule is COc1ccc2c(c1OC)[C@H]([C@H](C)O)N(C)c1c-2ccc2cc3c(cc12)OCO3. The summed E-state index contributed by atoms with van der Waals surface area (Å²) in [5, 5.41) is 12.9. The second-order valence-electron chi connectivity index (χ2n) is 7.45. The summed E-state index contributed by atoms with van der Waals surface area (Å²) >= 11 is 0. The third kappa shape index (κ3) is 2.45. The Hall–Kier alpha value is -3.12. The molecule has 0 aliphatic carbocycles. The first-order valence-corrected chi connectivity index (χ1v) is 9.57. The average molecular weight is 393 g/mol. The highest BCUT2D eigenvalue weighted by molar-refractivity contribution is 6.05. The maximum absolute atomic E-state index is 10.7. The van der Waals surface area contributed by atoms with Crippen LogP contribution in [0.3, 0.4) is 0 Å². The molecule has 0 spiro atoms. The van der Waals surface area contributed by atoms with E-state index in [2.05, 4.69) is 17.0 Å². The molecule has 0 unspecified atom stereocenters. The van der Waals surface area contributed by atoms with Crippen LogP contribution in [0.2, 0.25) is 0 Å². The number of rotatable bonds is 3. The molecule has 2 atom stereocenters. The molecule has 5 rings (SSSR count). The molecule has 0 radical (unpaired) electrons. The number of fused-ring (bicyclic) bond motifs is 6. The highest BCUT2D eigenvalue weighted by atomic mass is 16.7. The van der Waals surface area contributed by atoms with Crippen molar-refractivity contribution in [2.75, 3.05) is 33.0 Å². The summed E-state index contributed by atoms with van der Waals surface area (Å²) < 4.78 is 22.4. The number of nitrogens with zero attached hydrogens (tertiary/aromatic N) is 1. The van der Waals surface area contributed by atoms with Crippen molar-refractivity contribution in [2.24, 2.45) is 0 Å². The van der Waals surface area contributed by atoms with Crippen LogP contribution < -0.4 is 23.8 Å². The summed E-state index contributed by atoms with van der Waals surface area (Å²) in [6, 6.07) is 11.9. The van der Waals surface area contributed by atoms with Crippen molar-refractivity contribution < 1.29 is 24.1 Å². The van der Waals surface area contributed by atoms with Gasteiger partial charge in [-0.25, -0.2) is 0 Å². The van der Waals surface area contributed by atoms with Gasteiger partial charge in [-0.05, 0) is 42.1 Å². The molecule has 0 fully saturated rings. The van der Waals surface area contributed by atoms with Gasteiger partial charge in [-0.15, -0.1) is 0 Å². The van der Waals surface area contributed by atoms with Crippen molar-refractivity contribution in [3.8, 4) is 34.1 Å². The second kappa shape index (κ2) is 6.46. The maximum atomic E-state index is 10.7. The first-order chi connectivity index (χ1) is 14.0. The van der Waals surface area contributed by atoms with E-state index in [9.17, 15) is 5.11 Å². The summed E-state index contributed by atoms with van der Waals surface area (Å²) in [6.45, 7) is 2.04. The van der Waals surface area contributed by atoms with Crippen molar-refractivity contribution >= 4 is 16.5 Å². The summed E-state index contributed by atoms with van der Waals surface area (Å²) in [5.41, 5.74) is 4.08. The molecule has 29 heavy (non-hydrogen) atoms. The predicted octanol–water partition coefficient (Wildman–Crippen LogP) is 4.12. The van der Waals surface area contributed by atoms with Gasteiger partial charge in [-0.1, -0.05) is 12.1 Å². The smallest absolute Gasteiger partial charge is 0.231 e. The Morgan fingerprint density at radius 2 is 1.76 bits per heavy atom. The molecule has 1 N–H and O–H groups in total. The molecule has 0 bridgehead atoms. The van der Waals surface area contributed by atoms with Gasteiger partial charge in [0.15, 0.2) is 23.0 Å². The lowest BCUT2D eigenvalue weighted by Gasteiger charge is -2.40. The largest absolute Gasteiger partial charge is 0.493 e. The summed E-state index contributed by atoms with van der Waals surface area (Å²) in [7, 11) is 5.26. The van der Waals surface area contributed by atoms with Crippen LogP contribution in [0.5, 0.6) is 23.0 Å². The molecule has 0 amide bonds. The van der Waals surface area contributed by atoms with Crippen LogP contribution in [0, 0.1) is 0 Å². The molecular formula is C23H23NO5. The Balaban J connectivity index is 1.86. The number of benzene rings is 3. The molecule has 2 aliphatic heterocycles. The fourth-order valence-electron chi connectivity index (χ4n) is 4.67. The minimum atomic E-state index is -0.628. The van der Waals surface area contributed by atoms with Crippen LogP contribution in [0.25, 0.3) is 21.9 Å².